The summed E-state index contributed by atoms with van der Waals surface area (Å²) in [4.78, 5) is 29.9. The minimum absolute atomic E-state index is 0.820. The van der Waals surface area contributed by atoms with E-state index < -0.39 is 0 Å². The van der Waals surface area contributed by atoms with Gasteiger partial charge < -0.3 is 0 Å². The predicted molar refractivity (Wildman–Crippen MR) is 242 cm³/mol. The Hall–Kier alpha value is -6.14. The number of nitrogens with zero attached hydrogens (tertiary/aromatic N) is 6. The van der Waals surface area contributed by atoms with Gasteiger partial charge in [0.15, 0.2) is 0 Å². The van der Waals surface area contributed by atoms with E-state index in [0.717, 1.165) is 97.0 Å². The summed E-state index contributed by atoms with van der Waals surface area (Å²) in [6.07, 6.45) is 0.820. The molecule has 0 aliphatic heterocycles. The Labute approximate surface area is 339 Å². The quantitative estimate of drug-likeness (QED) is 0.131. The van der Waals surface area contributed by atoms with E-state index in [1.165, 1.54) is 33.4 Å². The molecule has 6 heteroatoms. The largest absolute Gasteiger partial charge is 0.251 e. The van der Waals surface area contributed by atoms with Crippen LogP contribution in [0.3, 0.4) is 0 Å². The summed E-state index contributed by atoms with van der Waals surface area (Å²) in [5.41, 5.74) is 22.6. The molecule has 0 radical (unpaired) electrons. The van der Waals surface area contributed by atoms with Crippen molar-refractivity contribution >= 4 is 45.6 Å². The van der Waals surface area contributed by atoms with Gasteiger partial charge in [-0.3, -0.25) is 20.0 Å². The van der Waals surface area contributed by atoms with Gasteiger partial charge in [0, 0.05) is 0 Å². The van der Waals surface area contributed by atoms with Crippen LogP contribution in [-0.4, -0.2) is 32.8 Å². The second kappa shape index (κ2) is 17.3. The minimum atomic E-state index is 0.820. The molecule has 2 aromatic heterocycles. The van der Waals surface area contributed by atoms with E-state index >= 15 is 0 Å². The van der Waals surface area contributed by atoms with E-state index in [1.54, 1.807) is 0 Å². The summed E-state index contributed by atoms with van der Waals surface area (Å²) >= 11 is 0. The maximum Gasteiger partial charge on any atom is 0.0849 e. The first kappa shape index (κ1) is 40.5. The van der Waals surface area contributed by atoms with Crippen LogP contribution in [0.5, 0.6) is 0 Å². The summed E-state index contributed by atoms with van der Waals surface area (Å²) in [7, 11) is 0. The van der Waals surface area contributed by atoms with Gasteiger partial charge in [0.25, 0.3) is 0 Å². The molecule has 288 valence electrons. The molecular formula is C51H54N6. The number of benzene rings is 4. The first-order chi connectivity index (χ1) is 27.1. The SMILES string of the molecule is C/C(=N\c1cc(C)cc(C)c1)c1cccc(/C(C)=N/c2c(C)cc(Cc3cc(C)c(/N=C(\C)c4cccc(/C(C)=N/c5cc(C)cc(C)c5)n4)c(C)c3)cc2C)n1. The normalized spacial score (nSPS) is 12.7. The first-order valence-electron chi connectivity index (χ1n) is 19.7. The fourth-order valence-corrected chi connectivity index (χ4v) is 7.54. The van der Waals surface area contributed by atoms with Crippen molar-refractivity contribution in [3.8, 4) is 0 Å². The van der Waals surface area contributed by atoms with Gasteiger partial charge in [-0.15, -0.1) is 0 Å². The second-order valence-corrected chi connectivity index (χ2v) is 15.6. The maximum absolute atomic E-state index is 5.10. The zero-order valence-corrected chi connectivity index (χ0v) is 35.6. The van der Waals surface area contributed by atoms with E-state index in [0.29, 0.717) is 0 Å². The molecule has 0 fully saturated rings. The lowest BCUT2D eigenvalue weighted by molar-refractivity contribution is 1.14. The molecule has 0 bridgehead atoms. The van der Waals surface area contributed by atoms with Crippen LogP contribution in [0.1, 0.15) is 106 Å². The van der Waals surface area contributed by atoms with Gasteiger partial charge in [0.05, 0.1) is 68.4 Å². The standard InChI is InChI=1S/C51H54N6/c1-30-19-31(2)22-44(21-30)52-38(9)46-15-13-17-48(56-46)40(11)54-50-34(5)25-42(26-35(50)6)29-43-27-36(7)51(37(8)28-43)55-41(12)49-18-14-16-47(57-49)39(10)53-45-23-32(3)20-33(4)24-45/h13-28H,29H2,1-12H3/b52-38+,53-39+,54-40+,55-41+. The van der Waals surface area contributed by atoms with Crippen molar-refractivity contribution in [2.24, 2.45) is 20.0 Å². The van der Waals surface area contributed by atoms with E-state index in [2.05, 4.69) is 116 Å². The van der Waals surface area contributed by atoms with Crippen LogP contribution in [0.15, 0.2) is 117 Å². The first-order valence-corrected chi connectivity index (χ1v) is 19.7. The number of hydrogen-bond donors (Lipinski definition) is 0. The zero-order chi connectivity index (χ0) is 41.0. The van der Waals surface area contributed by atoms with Crippen molar-refractivity contribution in [2.75, 3.05) is 0 Å². The van der Waals surface area contributed by atoms with Crippen LogP contribution >= 0.6 is 0 Å². The summed E-state index contributed by atoms with van der Waals surface area (Å²) in [5, 5.41) is 0. The van der Waals surface area contributed by atoms with Crippen molar-refractivity contribution in [3.63, 3.8) is 0 Å². The number of pyridine rings is 2. The summed E-state index contributed by atoms with van der Waals surface area (Å²) in [5.74, 6) is 0. The third-order valence-electron chi connectivity index (χ3n) is 10.1. The van der Waals surface area contributed by atoms with Crippen LogP contribution in [0.4, 0.5) is 22.7 Å². The van der Waals surface area contributed by atoms with Crippen LogP contribution in [0.25, 0.3) is 0 Å². The molecular weight excluding hydrogens is 697 g/mol. The fraction of sp³-hybridized carbons (Fsp3) is 0.255. The Morgan fingerprint density at radius 2 is 0.667 bits per heavy atom. The molecule has 0 atom stereocenters. The van der Waals surface area contributed by atoms with Crippen molar-refractivity contribution in [3.05, 3.63) is 175 Å². The van der Waals surface area contributed by atoms with Crippen LogP contribution < -0.4 is 0 Å². The molecule has 0 aliphatic rings. The van der Waals surface area contributed by atoms with Crippen molar-refractivity contribution < 1.29 is 0 Å². The van der Waals surface area contributed by atoms with Gasteiger partial charge in [-0.25, -0.2) is 9.97 Å². The Morgan fingerprint density at radius 3 is 0.965 bits per heavy atom. The van der Waals surface area contributed by atoms with E-state index in [4.69, 9.17) is 29.9 Å². The maximum atomic E-state index is 5.10. The fourth-order valence-electron chi connectivity index (χ4n) is 7.54. The topological polar surface area (TPSA) is 75.2 Å². The monoisotopic (exact) mass is 750 g/mol. The average molecular weight is 751 g/mol. The van der Waals surface area contributed by atoms with Crippen LogP contribution in [-0.2, 0) is 6.42 Å². The molecule has 0 spiro atoms. The van der Waals surface area contributed by atoms with Crippen LogP contribution in [0.2, 0.25) is 0 Å². The van der Waals surface area contributed by atoms with Gasteiger partial charge >= 0.3 is 0 Å². The summed E-state index contributed by atoms with van der Waals surface area (Å²) < 4.78 is 0. The lowest BCUT2D eigenvalue weighted by Gasteiger charge is -2.13. The van der Waals surface area contributed by atoms with E-state index in [-0.39, 0.29) is 0 Å². The minimum Gasteiger partial charge on any atom is -0.251 e. The average Bonchev–Trinajstić information content (AvgIpc) is 3.13. The molecule has 6 aromatic rings. The van der Waals surface area contributed by atoms with Crippen molar-refractivity contribution in [2.45, 2.75) is 89.5 Å². The second-order valence-electron chi connectivity index (χ2n) is 15.6. The highest BCUT2D eigenvalue weighted by Gasteiger charge is 2.12. The number of aromatic nitrogens is 2. The molecule has 0 saturated carbocycles. The van der Waals surface area contributed by atoms with Gasteiger partial charge in [-0.2, -0.15) is 0 Å². The van der Waals surface area contributed by atoms with Crippen LogP contribution in [0, 0.1) is 55.4 Å². The lowest BCUT2D eigenvalue weighted by Crippen LogP contribution is -2.05. The molecule has 0 saturated heterocycles. The number of rotatable bonds is 10. The molecule has 2 heterocycles. The van der Waals surface area contributed by atoms with Crippen molar-refractivity contribution in [1.82, 2.24) is 9.97 Å². The molecule has 6 nitrogen and oxygen atoms in total. The Kier molecular flexibility index (Phi) is 12.3. The molecule has 0 aliphatic carbocycles. The van der Waals surface area contributed by atoms with E-state index in [9.17, 15) is 0 Å². The number of aliphatic imine (C=N–C) groups is 4. The number of hydrogen-bond acceptors (Lipinski definition) is 6. The summed E-state index contributed by atoms with van der Waals surface area (Å²) in [6, 6.07) is 33.9. The Balaban J connectivity index is 1.19. The number of aryl methyl sites for hydroxylation is 8. The molecule has 0 unspecified atom stereocenters. The molecule has 4 aromatic carbocycles. The molecule has 57 heavy (non-hydrogen) atoms. The molecule has 0 amide bonds. The van der Waals surface area contributed by atoms with Gasteiger partial charge in [0.1, 0.15) is 0 Å². The third kappa shape index (κ3) is 10.2. The van der Waals surface area contributed by atoms with Gasteiger partial charge in [0.2, 0.25) is 0 Å². The van der Waals surface area contributed by atoms with Gasteiger partial charge in [-0.1, -0.05) is 48.5 Å². The van der Waals surface area contributed by atoms with Gasteiger partial charge in [-0.05, 0) is 194 Å². The zero-order valence-electron chi connectivity index (χ0n) is 35.6. The Bertz CT molecular complexity index is 2350. The smallest absolute Gasteiger partial charge is 0.0849 e. The molecule has 0 N–H and O–H groups in total. The highest BCUT2D eigenvalue weighted by Crippen LogP contribution is 2.31. The summed E-state index contributed by atoms with van der Waals surface area (Å²) in [6.45, 7) is 25.0. The lowest BCUT2D eigenvalue weighted by atomic mass is 9.96. The van der Waals surface area contributed by atoms with E-state index in [1.807, 2.05) is 64.1 Å². The highest BCUT2D eigenvalue weighted by molar-refractivity contribution is 6.03. The molecule has 6 rings (SSSR count). The third-order valence-corrected chi connectivity index (χ3v) is 10.1. The Morgan fingerprint density at radius 1 is 0.386 bits per heavy atom. The predicted octanol–water partition coefficient (Wildman–Crippen LogP) is 13.1. The van der Waals surface area contributed by atoms with Crippen molar-refractivity contribution in [1.29, 1.82) is 0 Å². The highest BCUT2D eigenvalue weighted by atomic mass is 14.8.